The number of aromatic amines is 1. The highest BCUT2D eigenvalue weighted by Gasteiger charge is 2.55. The van der Waals surface area contributed by atoms with Crippen molar-refractivity contribution in [1.82, 2.24) is 9.97 Å². The number of ether oxygens (including phenoxy) is 1. The van der Waals surface area contributed by atoms with Crippen molar-refractivity contribution >= 4 is 17.5 Å². The quantitative estimate of drug-likeness (QED) is 0.0306. The van der Waals surface area contributed by atoms with Crippen molar-refractivity contribution in [3.8, 4) is 0 Å². The Bertz CT molecular complexity index is 972. The van der Waals surface area contributed by atoms with Crippen LogP contribution < -0.4 is 5.73 Å². The molecule has 0 aliphatic carbocycles. The molecule has 1 rings (SSSR count). The van der Waals surface area contributed by atoms with Crippen LogP contribution in [0.4, 0.5) is 0 Å². The van der Waals surface area contributed by atoms with Gasteiger partial charge in [-0.25, -0.2) is 4.98 Å². The third kappa shape index (κ3) is 20.1. The Morgan fingerprint density at radius 2 is 1.10 bits per heavy atom. The molecule has 0 amide bonds. The first-order chi connectivity index (χ1) is 24.3. The molecule has 0 aliphatic heterocycles. The molecule has 1 aromatic heterocycles. The molecule has 0 spiro atoms. The van der Waals surface area contributed by atoms with Crippen LogP contribution in [0.5, 0.6) is 0 Å². The minimum atomic E-state index is -2.54. The molecule has 9 nitrogen and oxygen atoms in total. The highest BCUT2D eigenvalue weighted by atomic mass is 16.6. The summed E-state index contributed by atoms with van der Waals surface area (Å²) in [5.41, 5.74) is 4.29. The van der Waals surface area contributed by atoms with Crippen LogP contribution in [0.2, 0.25) is 0 Å². The van der Waals surface area contributed by atoms with E-state index < -0.39 is 41.9 Å². The van der Waals surface area contributed by atoms with E-state index in [0.717, 1.165) is 44.9 Å². The van der Waals surface area contributed by atoms with Gasteiger partial charge in [-0.1, -0.05) is 168 Å². The SMILES string of the molecule is CCCCCCCCCCCCCCCC(=O)OC(C(=O)CCCCCCCCCCCCCCC)(C(=O)[C@@H](N)Cc1cnc[nH]1)C(O)CO. The van der Waals surface area contributed by atoms with Gasteiger partial charge in [0.05, 0.1) is 19.0 Å². The zero-order chi connectivity index (χ0) is 36.7. The molecule has 5 N–H and O–H groups in total. The molecule has 3 atom stereocenters. The van der Waals surface area contributed by atoms with Gasteiger partial charge in [0.1, 0.15) is 6.10 Å². The van der Waals surface area contributed by atoms with Crippen molar-refractivity contribution in [2.24, 2.45) is 5.73 Å². The van der Waals surface area contributed by atoms with Gasteiger partial charge in [-0.3, -0.25) is 14.4 Å². The Morgan fingerprint density at radius 3 is 1.48 bits per heavy atom. The number of imidazole rings is 1. The van der Waals surface area contributed by atoms with Gasteiger partial charge in [-0.2, -0.15) is 0 Å². The van der Waals surface area contributed by atoms with Crippen LogP contribution >= 0.6 is 0 Å². The molecule has 0 fully saturated rings. The summed E-state index contributed by atoms with van der Waals surface area (Å²) in [5, 5.41) is 21.0. The summed E-state index contributed by atoms with van der Waals surface area (Å²) in [6, 6.07) is -1.25. The lowest BCUT2D eigenvalue weighted by Crippen LogP contribution is -2.64. The molecule has 0 saturated carbocycles. The first-order valence-electron chi connectivity index (χ1n) is 20.6. The summed E-state index contributed by atoms with van der Waals surface area (Å²) in [7, 11) is 0. The molecule has 2 unspecified atom stereocenters. The smallest absolute Gasteiger partial charge is 0.307 e. The zero-order valence-corrected chi connectivity index (χ0v) is 32.1. The van der Waals surface area contributed by atoms with E-state index in [2.05, 4.69) is 23.8 Å². The monoisotopic (exact) mass is 706 g/mol. The average molecular weight is 706 g/mol. The number of esters is 1. The molecule has 9 heteroatoms. The average Bonchev–Trinajstić information content (AvgIpc) is 3.63. The molecule has 0 bridgehead atoms. The molecular formula is C41H75N3O6. The Balaban J connectivity index is 2.61. The molecule has 1 aromatic rings. The van der Waals surface area contributed by atoms with E-state index in [-0.39, 0.29) is 19.3 Å². The fourth-order valence-electron chi connectivity index (χ4n) is 6.80. The van der Waals surface area contributed by atoms with E-state index in [9.17, 15) is 24.6 Å². The predicted octanol–water partition coefficient (Wildman–Crippen LogP) is 9.02. The number of hydrogen-bond acceptors (Lipinski definition) is 8. The molecule has 0 aliphatic rings. The number of unbranched alkanes of at least 4 members (excludes halogenated alkanes) is 24. The summed E-state index contributed by atoms with van der Waals surface area (Å²) in [6.45, 7) is 3.56. The number of nitrogens with one attached hydrogen (secondary N) is 1. The van der Waals surface area contributed by atoms with E-state index in [1.165, 1.54) is 122 Å². The molecule has 1 heterocycles. The van der Waals surface area contributed by atoms with Crippen molar-refractivity contribution in [2.45, 2.75) is 218 Å². The molecule has 0 saturated heterocycles. The second-order valence-corrected chi connectivity index (χ2v) is 14.6. The highest BCUT2D eigenvalue weighted by Crippen LogP contribution is 2.27. The van der Waals surface area contributed by atoms with Gasteiger partial charge in [0.2, 0.25) is 5.78 Å². The van der Waals surface area contributed by atoms with Crippen LogP contribution in [-0.4, -0.2) is 62.1 Å². The number of carbonyl (C=O) groups is 3. The van der Waals surface area contributed by atoms with E-state index in [1.807, 2.05) is 0 Å². The van der Waals surface area contributed by atoms with E-state index in [4.69, 9.17) is 10.5 Å². The van der Waals surface area contributed by atoms with E-state index in [0.29, 0.717) is 18.5 Å². The second kappa shape index (κ2) is 30.5. The Labute approximate surface area is 304 Å². The maximum atomic E-state index is 13.9. The zero-order valence-electron chi connectivity index (χ0n) is 32.1. The van der Waals surface area contributed by atoms with Crippen molar-refractivity contribution in [2.75, 3.05) is 6.61 Å². The number of carbonyl (C=O) groups excluding carboxylic acids is 3. The van der Waals surface area contributed by atoms with E-state index >= 15 is 0 Å². The van der Waals surface area contributed by atoms with Gasteiger partial charge in [0.15, 0.2) is 5.78 Å². The number of H-pyrrole nitrogens is 1. The Kier molecular flexibility index (Phi) is 28.0. The highest BCUT2D eigenvalue weighted by molar-refractivity contribution is 6.14. The summed E-state index contributed by atoms with van der Waals surface area (Å²) < 4.78 is 5.67. The van der Waals surface area contributed by atoms with Gasteiger partial charge in [0, 0.05) is 31.2 Å². The van der Waals surface area contributed by atoms with Crippen LogP contribution in [0.15, 0.2) is 12.5 Å². The number of nitrogens with zero attached hydrogens (tertiary/aromatic N) is 1. The summed E-state index contributed by atoms with van der Waals surface area (Å²) in [5.74, 6) is -2.33. The molecule has 0 aromatic carbocycles. The van der Waals surface area contributed by atoms with Gasteiger partial charge in [-0.05, 0) is 12.8 Å². The standard InChI is InChI=1S/C41H75N3O6/c1-3-5-7-9-11-13-15-17-19-21-23-25-27-29-37(46)41(38(47)33-45,40(49)36(42)31-35-32-43-34-44-35)50-39(48)30-28-26-24-22-20-18-16-14-12-10-8-6-4-2/h32,34,36,38,45,47H,3-31,33,42H2,1-2H3,(H,43,44)/t36-,38?,41?/m0/s1. The molecule has 290 valence electrons. The van der Waals surface area contributed by atoms with Crippen molar-refractivity contribution in [3.05, 3.63) is 18.2 Å². The van der Waals surface area contributed by atoms with Crippen LogP contribution in [0, 0.1) is 0 Å². The second-order valence-electron chi connectivity index (χ2n) is 14.6. The van der Waals surface area contributed by atoms with Crippen LogP contribution in [-0.2, 0) is 25.5 Å². The lowest BCUT2D eigenvalue weighted by atomic mass is 9.80. The number of nitrogens with two attached hydrogens (primary N) is 1. The van der Waals surface area contributed by atoms with Crippen LogP contribution in [0.25, 0.3) is 0 Å². The van der Waals surface area contributed by atoms with E-state index in [1.54, 1.807) is 0 Å². The number of hydrogen-bond donors (Lipinski definition) is 4. The van der Waals surface area contributed by atoms with Gasteiger partial charge < -0.3 is 25.7 Å². The van der Waals surface area contributed by atoms with Gasteiger partial charge in [0.25, 0.3) is 5.60 Å². The third-order valence-electron chi connectivity index (χ3n) is 10.0. The Morgan fingerprint density at radius 1 is 0.700 bits per heavy atom. The van der Waals surface area contributed by atoms with Gasteiger partial charge >= 0.3 is 5.97 Å². The first kappa shape index (κ1) is 45.9. The maximum Gasteiger partial charge on any atom is 0.307 e. The fourth-order valence-corrected chi connectivity index (χ4v) is 6.80. The van der Waals surface area contributed by atoms with Crippen LogP contribution in [0.3, 0.4) is 0 Å². The van der Waals surface area contributed by atoms with Crippen LogP contribution in [0.1, 0.15) is 199 Å². The normalized spacial score (nSPS) is 13.9. The maximum absolute atomic E-state index is 13.9. The minimum Gasteiger partial charge on any atom is -0.440 e. The predicted molar refractivity (Wildman–Crippen MR) is 203 cm³/mol. The first-order valence-corrected chi connectivity index (χ1v) is 20.6. The summed E-state index contributed by atoms with van der Waals surface area (Å²) >= 11 is 0. The van der Waals surface area contributed by atoms with Crippen molar-refractivity contribution < 1.29 is 29.3 Å². The molecule has 50 heavy (non-hydrogen) atoms. The van der Waals surface area contributed by atoms with Gasteiger partial charge in [-0.15, -0.1) is 0 Å². The fraction of sp³-hybridized carbons (Fsp3) is 0.854. The lowest BCUT2D eigenvalue weighted by Gasteiger charge is -2.35. The number of aliphatic hydroxyl groups is 2. The van der Waals surface area contributed by atoms with Crippen molar-refractivity contribution in [3.63, 3.8) is 0 Å². The third-order valence-corrected chi connectivity index (χ3v) is 10.0. The Hall–Kier alpha value is -2.10. The number of ketones is 2. The van der Waals surface area contributed by atoms with Crippen molar-refractivity contribution in [1.29, 1.82) is 0 Å². The number of Topliss-reactive ketones (excluding diaryl/α,β-unsaturated/α-hetero) is 2. The minimum absolute atomic E-state index is 0.0150. The largest absolute Gasteiger partial charge is 0.440 e. The number of rotatable bonds is 36. The lowest BCUT2D eigenvalue weighted by molar-refractivity contribution is -0.189. The number of aliphatic hydroxyl groups excluding tert-OH is 2. The molecular weight excluding hydrogens is 630 g/mol. The summed E-state index contributed by atoms with van der Waals surface area (Å²) in [4.78, 5) is 47.6. The number of aromatic nitrogens is 2. The summed E-state index contributed by atoms with van der Waals surface area (Å²) in [6.07, 6.45) is 31.0. The topological polar surface area (TPSA) is 156 Å². The molecule has 0 radical (unpaired) electrons.